The highest BCUT2D eigenvalue weighted by atomic mass is 19.1. The van der Waals surface area contributed by atoms with Gasteiger partial charge in [0, 0.05) is 12.0 Å². The molecule has 1 aliphatic carbocycles. The van der Waals surface area contributed by atoms with Crippen molar-refractivity contribution in [3.8, 4) is 0 Å². The molecule has 3 rings (SSSR count). The van der Waals surface area contributed by atoms with Gasteiger partial charge in [-0.15, -0.1) is 0 Å². The Morgan fingerprint density at radius 2 is 2.20 bits per heavy atom. The summed E-state index contributed by atoms with van der Waals surface area (Å²) in [6, 6.07) is 0.491. The molecule has 0 aromatic rings. The highest BCUT2D eigenvalue weighted by molar-refractivity contribution is 5.07. The zero-order chi connectivity index (χ0) is 7.35. The highest BCUT2D eigenvalue weighted by Crippen LogP contribution is 2.47. The van der Waals surface area contributed by atoms with E-state index in [1.165, 1.54) is 6.42 Å². The van der Waals surface area contributed by atoms with Gasteiger partial charge in [-0.2, -0.15) is 0 Å². The van der Waals surface area contributed by atoms with Crippen molar-refractivity contribution >= 4 is 0 Å². The summed E-state index contributed by atoms with van der Waals surface area (Å²) < 4.78 is 13.3. The van der Waals surface area contributed by atoms with E-state index in [9.17, 15) is 4.39 Å². The van der Waals surface area contributed by atoms with Crippen molar-refractivity contribution in [1.82, 2.24) is 5.32 Å². The van der Waals surface area contributed by atoms with Gasteiger partial charge in [0.25, 0.3) is 0 Å². The predicted molar refractivity (Wildman–Crippen MR) is 38.6 cm³/mol. The van der Waals surface area contributed by atoms with Crippen molar-refractivity contribution in [3.05, 3.63) is 0 Å². The Bertz CT molecular complexity index is 136. The summed E-state index contributed by atoms with van der Waals surface area (Å²) in [6.45, 7) is 4.44. The van der Waals surface area contributed by atoms with Crippen LogP contribution >= 0.6 is 0 Å². The molecule has 1 nitrogen and oxygen atoms in total. The second kappa shape index (κ2) is 1.73. The van der Waals surface area contributed by atoms with Crippen molar-refractivity contribution in [1.29, 1.82) is 0 Å². The van der Waals surface area contributed by atoms with E-state index >= 15 is 0 Å². The summed E-state index contributed by atoms with van der Waals surface area (Å²) in [5.74, 6) is 0.928. The summed E-state index contributed by atoms with van der Waals surface area (Å²) in [4.78, 5) is 0. The smallest absolute Gasteiger partial charge is 0.110 e. The van der Waals surface area contributed by atoms with Crippen molar-refractivity contribution in [3.63, 3.8) is 0 Å². The van der Waals surface area contributed by atoms with Gasteiger partial charge in [-0.05, 0) is 32.7 Å². The van der Waals surface area contributed by atoms with Crippen LogP contribution in [0.2, 0.25) is 0 Å². The van der Waals surface area contributed by atoms with E-state index in [1.54, 1.807) is 13.8 Å². The van der Waals surface area contributed by atoms with Gasteiger partial charge in [-0.1, -0.05) is 0 Å². The van der Waals surface area contributed by atoms with E-state index in [0.717, 1.165) is 6.54 Å². The van der Waals surface area contributed by atoms with Gasteiger partial charge in [0.05, 0.1) is 0 Å². The molecule has 0 radical (unpaired) electrons. The Balaban J connectivity index is 2.09. The Labute approximate surface area is 61.0 Å². The van der Waals surface area contributed by atoms with E-state index in [0.29, 0.717) is 17.9 Å². The maximum absolute atomic E-state index is 13.3. The molecule has 3 aliphatic rings. The quantitative estimate of drug-likeness (QED) is 0.584. The molecule has 3 fully saturated rings. The van der Waals surface area contributed by atoms with Gasteiger partial charge in [0.2, 0.25) is 0 Å². The maximum Gasteiger partial charge on any atom is 0.110 e. The summed E-state index contributed by atoms with van der Waals surface area (Å²) in [5, 5.41) is 3.31. The highest BCUT2D eigenvalue weighted by Gasteiger charge is 2.53. The molecule has 2 heterocycles. The second-order valence-corrected chi connectivity index (χ2v) is 4.10. The van der Waals surface area contributed by atoms with Crippen LogP contribution in [0.3, 0.4) is 0 Å². The lowest BCUT2D eigenvalue weighted by molar-refractivity contribution is 0.0274. The largest absolute Gasteiger partial charge is 0.313 e. The van der Waals surface area contributed by atoms with Crippen LogP contribution in [0.25, 0.3) is 0 Å². The van der Waals surface area contributed by atoms with E-state index < -0.39 is 5.67 Å². The molecule has 10 heavy (non-hydrogen) atoms. The van der Waals surface area contributed by atoms with Crippen LogP contribution in [0.15, 0.2) is 0 Å². The topological polar surface area (TPSA) is 12.0 Å². The van der Waals surface area contributed by atoms with E-state index in [1.807, 2.05) is 0 Å². The van der Waals surface area contributed by atoms with Gasteiger partial charge < -0.3 is 5.32 Å². The Kier molecular flexibility index (Phi) is 1.14. The minimum absolute atomic E-state index is 0.299. The molecule has 0 spiro atoms. The SMILES string of the molecule is CC(C)(F)C1C2CNC1C2. The van der Waals surface area contributed by atoms with Crippen LogP contribution in [0, 0.1) is 11.8 Å². The maximum atomic E-state index is 13.3. The Morgan fingerprint density at radius 3 is 2.40 bits per heavy atom. The molecule has 0 aromatic heterocycles. The second-order valence-electron chi connectivity index (χ2n) is 4.10. The van der Waals surface area contributed by atoms with Gasteiger partial charge in [-0.25, -0.2) is 4.39 Å². The first-order chi connectivity index (χ1) is 4.59. The number of nitrogens with one attached hydrogen (secondary N) is 1. The van der Waals surface area contributed by atoms with Crippen LogP contribution < -0.4 is 5.32 Å². The van der Waals surface area contributed by atoms with Crippen LogP contribution in [-0.2, 0) is 0 Å². The van der Waals surface area contributed by atoms with Crippen molar-refractivity contribution in [2.24, 2.45) is 11.8 Å². The third kappa shape index (κ3) is 0.715. The average Bonchev–Trinajstić information content (AvgIpc) is 2.08. The van der Waals surface area contributed by atoms with Crippen LogP contribution in [0.1, 0.15) is 20.3 Å². The molecule has 3 atom stereocenters. The zero-order valence-corrected chi connectivity index (χ0v) is 6.52. The molecule has 0 amide bonds. The van der Waals surface area contributed by atoms with Crippen LogP contribution in [-0.4, -0.2) is 18.3 Å². The number of halogens is 1. The van der Waals surface area contributed by atoms with E-state index in [-0.39, 0.29) is 0 Å². The zero-order valence-electron chi connectivity index (χ0n) is 6.52. The van der Waals surface area contributed by atoms with Crippen LogP contribution in [0.5, 0.6) is 0 Å². The van der Waals surface area contributed by atoms with Gasteiger partial charge in [0.1, 0.15) is 5.67 Å². The minimum Gasteiger partial charge on any atom is -0.313 e. The number of hydrogen-bond donors (Lipinski definition) is 1. The van der Waals surface area contributed by atoms with E-state index in [4.69, 9.17) is 0 Å². The molecule has 58 valence electrons. The molecule has 2 heteroatoms. The average molecular weight is 143 g/mol. The van der Waals surface area contributed by atoms with Crippen molar-refractivity contribution in [2.75, 3.05) is 6.54 Å². The molecule has 2 saturated heterocycles. The third-order valence-corrected chi connectivity index (χ3v) is 2.93. The van der Waals surface area contributed by atoms with Gasteiger partial charge in [0.15, 0.2) is 0 Å². The summed E-state index contributed by atoms with van der Waals surface area (Å²) in [5.41, 5.74) is -0.961. The molecule has 1 N–H and O–H groups in total. The molecule has 2 bridgehead atoms. The molecule has 2 aliphatic heterocycles. The standard InChI is InChI=1S/C8H14FN/c1-8(2,9)7-5-3-6(7)10-4-5/h5-7,10H,3-4H2,1-2H3. The number of hydrogen-bond acceptors (Lipinski definition) is 1. The monoisotopic (exact) mass is 143 g/mol. The Hall–Kier alpha value is -0.110. The first-order valence-electron chi connectivity index (χ1n) is 4.01. The number of rotatable bonds is 1. The van der Waals surface area contributed by atoms with Gasteiger partial charge >= 0.3 is 0 Å². The van der Waals surface area contributed by atoms with E-state index in [2.05, 4.69) is 5.32 Å². The summed E-state index contributed by atoms with van der Waals surface area (Å²) in [7, 11) is 0. The first kappa shape index (κ1) is 6.59. The normalized spacial score (nSPS) is 45.3. The first-order valence-corrected chi connectivity index (χ1v) is 4.01. The number of fused-ring (bicyclic) bond motifs is 1. The summed E-state index contributed by atoms with van der Waals surface area (Å²) in [6.07, 6.45) is 1.21. The number of alkyl halides is 1. The molecular weight excluding hydrogens is 129 g/mol. The van der Waals surface area contributed by atoms with Crippen molar-refractivity contribution in [2.45, 2.75) is 32.0 Å². The summed E-state index contributed by atoms with van der Waals surface area (Å²) >= 11 is 0. The lowest BCUT2D eigenvalue weighted by Gasteiger charge is -2.41. The van der Waals surface area contributed by atoms with Crippen molar-refractivity contribution < 1.29 is 4.39 Å². The Morgan fingerprint density at radius 1 is 1.50 bits per heavy atom. The minimum atomic E-state index is -0.961. The fraction of sp³-hybridized carbons (Fsp3) is 1.00. The molecule has 1 saturated carbocycles. The molecule has 0 aromatic carbocycles. The fourth-order valence-corrected chi connectivity index (χ4v) is 2.51. The lowest BCUT2D eigenvalue weighted by Crippen LogP contribution is -2.47. The predicted octanol–water partition coefficient (Wildman–Crippen LogP) is 1.34. The van der Waals surface area contributed by atoms with Gasteiger partial charge in [-0.3, -0.25) is 0 Å². The lowest BCUT2D eigenvalue weighted by atomic mass is 9.67. The fourth-order valence-electron chi connectivity index (χ4n) is 2.51. The van der Waals surface area contributed by atoms with Crippen LogP contribution in [0.4, 0.5) is 4.39 Å². The third-order valence-electron chi connectivity index (χ3n) is 2.93. The molecular formula is C8H14FN. The molecule has 3 unspecified atom stereocenters.